The summed E-state index contributed by atoms with van der Waals surface area (Å²) < 4.78 is 17.7. The van der Waals surface area contributed by atoms with Crippen molar-refractivity contribution in [3.63, 3.8) is 0 Å². The van der Waals surface area contributed by atoms with E-state index < -0.39 is 12.1 Å². The summed E-state index contributed by atoms with van der Waals surface area (Å²) in [5.74, 6) is 0.834. The first-order valence-electron chi connectivity index (χ1n) is 11.9. The van der Waals surface area contributed by atoms with E-state index in [4.69, 9.17) is 14.2 Å². The quantitative estimate of drug-likeness (QED) is 0.214. The Balaban J connectivity index is 1.61. The number of halogens is 1. The molecule has 2 N–H and O–H groups in total. The first kappa shape index (κ1) is 27.7. The Labute approximate surface area is 225 Å². The fourth-order valence-corrected chi connectivity index (χ4v) is 3.66. The molecule has 0 spiro atoms. The number of amides is 2. The molecule has 194 valence electrons. The largest absolute Gasteiger partial charge is 0.490 e. The van der Waals surface area contributed by atoms with Gasteiger partial charge in [-0.2, -0.15) is 5.10 Å². The summed E-state index contributed by atoms with van der Waals surface area (Å²) in [4.78, 5) is 24.5. The lowest BCUT2D eigenvalue weighted by Crippen LogP contribution is -2.33. The van der Waals surface area contributed by atoms with Crippen molar-refractivity contribution in [2.75, 3.05) is 13.2 Å². The second kappa shape index (κ2) is 14.6. The summed E-state index contributed by atoms with van der Waals surface area (Å²) in [7, 11) is 0. The molecule has 9 heteroatoms. The Morgan fingerprint density at radius 2 is 1.70 bits per heavy atom. The van der Waals surface area contributed by atoms with Gasteiger partial charge in [0.25, 0.3) is 0 Å². The van der Waals surface area contributed by atoms with Gasteiger partial charge in [0.2, 0.25) is 5.91 Å². The molecule has 2 amide bonds. The van der Waals surface area contributed by atoms with Gasteiger partial charge in [-0.3, -0.25) is 4.79 Å². The van der Waals surface area contributed by atoms with Crippen molar-refractivity contribution < 1.29 is 23.8 Å². The van der Waals surface area contributed by atoms with E-state index in [9.17, 15) is 9.59 Å². The van der Waals surface area contributed by atoms with Crippen LogP contribution in [-0.2, 0) is 16.1 Å². The minimum atomic E-state index is -0.585. The Hall–Kier alpha value is -3.85. The molecule has 0 aliphatic carbocycles. The maximum absolute atomic E-state index is 12.6. The average Bonchev–Trinajstić information content (AvgIpc) is 2.89. The van der Waals surface area contributed by atoms with Gasteiger partial charge in [0.15, 0.2) is 11.5 Å². The van der Waals surface area contributed by atoms with Gasteiger partial charge in [-0.1, -0.05) is 58.4 Å². The van der Waals surface area contributed by atoms with Crippen LogP contribution in [0.25, 0.3) is 0 Å². The molecule has 3 aromatic rings. The predicted octanol–water partition coefficient (Wildman–Crippen LogP) is 5.75. The third-order valence-electron chi connectivity index (χ3n) is 5.14. The van der Waals surface area contributed by atoms with Crippen molar-refractivity contribution in [1.29, 1.82) is 0 Å². The van der Waals surface area contributed by atoms with Crippen LogP contribution >= 0.6 is 15.9 Å². The van der Waals surface area contributed by atoms with Gasteiger partial charge < -0.3 is 19.5 Å². The number of carbonyl (C=O) groups excluding carboxylic acids is 2. The van der Waals surface area contributed by atoms with Gasteiger partial charge in [0, 0.05) is 4.47 Å². The number of alkyl carbamates (subject to hydrolysis) is 1. The number of hydrazone groups is 1. The molecule has 3 rings (SSSR count). The molecule has 0 heterocycles. The summed E-state index contributed by atoms with van der Waals surface area (Å²) in [6.45, 7) is 4.73. The summed E-state index contributed by atoms with van der Waals surface area (Å²) in [5.41, 5.74) is 5.06. The third-order valence-corrected chi connectivity index (χ3v) is 5.67. The van der Waals surface area contributed by atoms with E-state index in [1.807, 2.05) is 73.7 Å². The number of nitrogens with zero attached hydrogens (tertiary/aromatic N) is 1. The zero-order valence-electron chi connectivity index (χ0n) is 20.8. The van der Waals surface area contributed by atoms with Crippen molar-refractivity contribution in [3.8, 4) is 11.5 Å². The standard InChI is InChI=1S/C28H30BrN3O5/c1-3-35-26-16-21(12-15-25(26)37-19-20-10-13-23(29)14-11-20)18-30-32-27(33)17-24(31-28(34)36-4-2)22-8-6-5-7-9-22/h5-16,18,24H,3-4,17,19H2,1-2H3,(H,31,34)(H,32,33)/b30-18-/t24-/m1/s1. The fraction of sp³-hybridized carbons (Fsp3) is 0.250. The minimum absolute atomic E-state index is 0.00675. The van der Waals surface area contributed by atoms with Crippen LogP contribution in [0.4, 0.5) is 4.79 Å². The van der Waals surface area contributed by atoms with E-state index in [0.717, 1.165) is 21.2 Å². The number of hydrogen-bond donors (Lipinski definition) is 2. The lowest BCUT2D eigenvalue weighted by atomic mass is 10.0. The van der Waals surface area contributed by atoms with Crippen LogP contribution in [0, 0.1) is 0 Å². The number of benzene rings is 3. The van der Waals surface area contributed by atoms with Crippen molar-refractivity contribution in [2.45, 2.75) is 32.9 Å². The highest BCUT2D eigenvalue weighted by molar-refractivity contribution is 9.10. The highest BCUT2D eigenvalue weighted by atomic mass is 79.9. The van der Waals surface area contributed by atoms with Crippen molar-refractivity contribution in [3.05, 3.63) is 94.0 Å². The molecule has 8 nitrogen and oxygen atoms in total. The Kier molecular flexibility index (Phi) is 11.0. The third kappa shape index (κ3) is 9.27. The summed E-state index contributed by atoms with van der Waals surface area (Å²) in [5, 5.41) is 6.79. The summed E-state index contributed by atoms with van der Waals surface area (Å²) >= 11 is 3.43. The molecular formula is C28H30BrN3O5. The van der Waals surface area contributed by atoms with Gasteiger partial charge in [-0.15, -0.1) is 0 Å². The van der Waals surface area contributed by atoms with E-state index in [2.05, 4.69) is 31.8 Å². The molecule has 0 radical (unpaired) electrons. The molecule has 1 atom stereocenters. The normalized spacial score (nSPS) is 11.5. The molecule has 0 bridgehead atoms. The highest BCUT2D eigenvalue weighted by Gasteiger charge is 2.18. The average molecular weight is 568 g/mol. The van der Waals surface area contributed by atoms with Crippen LogP contribution in [0.2, 0.25) is 0 Å². The minimum Gasteiger partial charge on any atom is -0.490 e. The molecule has 0 aliphatic heterocycles. The Morgan fingerprint density at radius 1 is 0.946 bits per heavy atom. The molecule has 0 saturated heterocycles. The first-order chi connectivity index (χ1) is 18.0. The maximum Gasteiger partial charge on any atom is 0.407 e. The van der Waals surface area contributed by atoms with Crippen LogP contribution in [0.15, 0.2) is 82.4 Å². The summed E-state index contributed by atoms with van der Waals surface area (Å²) in [6.07, 6.45) is 0.932. The molecule has 3 aromatic carbocycles. The lowest BCUT2D eigenvalue weighted by molar-refractivity contribution is -0.121. The SMILES string of the molecule is CCOC(=O)N[C@H](CC(=O)N/N=C\c1ccc(OCc2ccc(Br)cc2)c(OCC)c1)c1ccccc1. The van der Waals surface area contributed by atoms with E-state index in [1.54, 1.807) is 13.0 Å². The van der Waals surface area contributed by atoms with Gasteiger partial charge in [-0.25, -0.2) is 10.2 Å². The number of carbonyl (C=O) groups is 2. The molecule has 0 unspecified atom stereocenters. The predicted molar refractivity (Wildman–Crippen MR) is 146 cm³/mol. The molecular weight excluding hydrogens is 538 g/mol. The monoisotopic (exact) mass is 567 g/mol. The molecule has 0 fully saturated rings. The Bertz CT molecular complexity index is 1190. The number of nitrogens with one attached hydrogen (secondary N) is 2. The van der Waals surface area contributed by atoms with Crippen LogP contribution in [-0.4, -0.2) is 31.4 Å². The molecule has 0 aliphatic rings. The van der Waals surface area contributed by atoms with E-state index >= 15 is 0 Å². The van der Waals surface area contributed by atoms with Gasteiger partial charge >= 0.3 is 6.09 Å². The van der Waals surface area contributed by atoms with Crippen molar-refractivity contribution in [1.82, 2.24) is 10.7 Å². The van der Waals surface area contributed by atoms with Crippen LogP contribution in [0.1, 0.15) is 43.0 Å². The van der Waals surface area contributed by atoms with E-state index in [0.29, 0.717) is 24.7 Å². The zero-order chi connectivity index (χ0) is 26.5. The van der Waals surface area contributed by atoms with Gasteiger partial charge in [0.05, 0.1) is 31.9 Å². The molecule has 0 aromatic heterocycles. The summed E-state index contributed by atoms with van der Waals surface area (Å²) in [6, 6.07) is 22.0. The second-order valence-corrected chi connectivity index (χ2v) is 8.80. The topological polar surface area (TPSA) is 98.2 Å². The van der Waals surface area contributed by atoms with E-state index in [1.165, 1.54) is 6.21 Å². The molecule has 37 heavy (non-hydrogen) atoms. The smallest absolute Gasteiger partial charge is 0.407 e. The Morgan fingerprint density at radius 3 is 2.41 bits per heavy atom. The first-order valence-corrected chi connectivity index (χ1v) is 12.7. The molecule has 0 saturated carbocycles. The van der Waals surface area contributed by atoms with Crippen LogP contribution < -0.4 is 20.2 Å². The number of rotatable bonds is 12. The number of hydrogen-bond acceptors (Lipinski definition) is 6. The fourth-order valence-electron chi connectivity index (χ4n) is 3.40. The van der Waals surface area contributed by atoms with Gasteiger partial charge in [-0.05, 0) is 60.9 Å². The van der Waals surface area contributed by atoms with E-state index in [-0.39, 0.29) is 18.9 Å². The lowest BCUT2D eigenvalue weighted by Gasteiger charge is -2.18. The number of ether oxygens (including phenoxy) is 3. The maximum atomic E-state index is 12.6. The van der Waals surface area contributed by atoms with Crippen molar-refractivity contribution in [2.24, 2.45) is 5.10 Å². The van der Waals surface area contributed by atoms with Crippen LogP contribution in [0.3, 0.4) is 0 Å². The second-order valence-electron chi connectivity index (χ2n) is 7.88. The zero-order valence-corrected chi connectivity index (χ0v) is 22.4. The van der Waals surface area contributed by atoms with Crippen LogP contribution in [0.5, 0.6) is 11.5 Å². The van der Waals surface area contributed by atoms with Gasteiger partial charge in [0.1, 0.15) is 6.61 Å². The highest BCUT2D eigenvalue weighted by Crippen LogP contribution is 2.29. The van der Waals surface area contributed by atoms with Crippen molar-refractivity contribution >= 4 is 34.1 Å².